The van der Waals surface area contributed by atoms with E-state index in [4.69, 9.17) is 9.47 Å². The maximum Gasteiger partial charge on any atom is 0.119 e. The summed E-state index contributed by atoms with van der Waals surface area (Å²) >= 11 is 3.37. The third-order valence-corrected chi connectivity index (χ3v) is 3.37. The van der Waals surface area contributed by atoms with Gasteiger partial charge in [0.2, 0.25) is 0 Å². The number of hydrogen-bond donors (Lipinski definition) is 2. The molecule has 114 valence electrons. The van der Waals surface area contributed by atoms with Crippen molar-refractivity contribution < 1.29 is 14.6 Å². The lowest BCUT2D eigenvalue weighted by Gasteiger charge is -2.13. The molecule has 0 spiro atoms. The van der Waals surface area contributed by atoms with Crippen LogP contribution in [-0.4, -0.2) is 44.6 Å². The van der Waals surface area contributed by atoms with Crippen molar-refractivity contribution in [1.29, 1.82) is 0 Å². The van der Waals surface area contributed by atoms with Crippen LogP contribution in [0.5, 0.6) is 5.75 Å². The van der Waals surface area contributed by atoms with Crippen LogP contribution in [0.3, 0.4) is 0 Å². The number of ether oxygens (including phenoxy) is 2. The first-order valence-electron chi connectivity index (χ1n) is 6.98. The molecule has 0 heterocycles. The van der Waals surface area contributed by atoms with Gasteiger partial charge in [0.1, 0.15) is 18.5 Å². The van der Waals surface area contributed by atoms with Crippen molar-refractivity contribution in [2.75, 3.05) is 33.4 Å². The van der Waals surface area contributed by atoms with Crippen LogP contribution in [0.1, 0.15) is 19.3 Å². The molecule has 2 N–H and O–H groups in total. The fourth-order valence-corrected chi connectivity index (χ4v) is 1.99. The van der Waals surface area contributed by atoms with Crippen molar-refractivity contribution >= 4 is 15.9 Å². The van der Waals surface area contributed by atoms with Crippen LogP contribution in [0.15, 0.2) is 28.7 Å². The minimum atomic E-state index is -0.488. The van der Waals surface area contributed by atoms with Gasteiger partial charge in [0, 0.05) is 24.7 Å². The van der Waals surface area contributed by atoms with Gasteiger partial charge in [-0.15, -0.1) is 0 Å². The third kappa shape index (κ3) is 8.53. The summed E-state index contributed by atoms with van der Waals surface area (Å²) in [6.07, 6.45) is 2.85. The molecule has 1 atom stereocenters. The molecule has 0 amide bonds. The quantitative estimate of drug-likeness (QED) is 0.605. The van der Waals surface area contributed by atoms with Gasteiger partial charge in [-0.1, -0.05) is 15.9 Å². The van der Waals surface area contributed by atoms with Crippen molar-refractivity contribution in [2.45, 2.75) is 25.4 Å². The molecule has 4 nitrogen and oxygen atoms in total. The Morgan fingerprint density at radius 2 is 1.95 bits per heavy atom. The molecule has 0 aliphatic rings. The van der Waals surface area contributed by atoms with Gasteiger partial charge in [0.05, 0.1) is 0 Å². The van der Waals surface area contributed by atoms with Crippen molar-refractivity contribution in [1.82, 2.24) is 5.32 Å². The van der Waals surface area contributed by atoms with Gasteiger partial charge in [-0.2, -0.15) is 0 Å². The van der Waals surface area contributed by atoms with Gasteiger partial charge >= 0.3 is 0 Å². The molecule has 0 saturated carbocycles. The number of methoxy groups -OCH3 is 1. The number of hydrogen-bond acceptors (Lipinski definition) is 4. The van der Waals surface area contributed by atoms with Gasteiger partial charge in [-0.3, -0.25) is 0 Å². The molecule has 0 fully saturated rings. The summed E-state index contributed by atoms with van der Waals surface area (Å²) in [5.41, 5.74) is 0. The van der Waals surface area contributed by atoms with E-state index in [0.717, 1.165) is 42.6 Å². The number of nitrogens with one attached hydrogen (secondary N) is 1. The highest BCUT2D eigenvalue weighted by molar-refractivity contribution is 9.10. The summed E-state index contributed by atoms with van der Waals surface area (Å²) in [6, 6.07) is 7.58. The monoisotopic (exact) mass is 345 g/mol. The Morgan fingerprint density at radius 1 is 1.20 bits per heavy atom. The fourth-order valence-electron chi connectivity index (χ4n) is 1.72. The Morgan fingerprint density at radius 3 is 2.65 bits per heavy atom. The molecular formula is C15H24BrNO3. The van der Waals surface area contributed by atoms with Gasteiger partial charge < -0.3 is 19.9 Å². The van der Waals surface area contributed by atoms with E-state index in [1.165, 1.54) is 0 Å². The molecule has 1 aromatic carbocycles. The molecule has 20 heavy (non-hydrogen) atoms. The van der Waals surface area contributed by atoms with Gasteiger partial charge in [0.15, 0.2) is 0 Å². The van der Waals surface area contributed by atoms with Crippen molar-refractivity contribution in [3.63, 3.8) is 0 Å². The predicted molar refractivity (Wildman–Crippen MR) is 84.2 cm³/mol. The normalized spacial score (nSPS) is 12.3. The first-order valence-corrected chi connectivity index (χ1v) is 7.77. The molecule has 1 rings (SSSR count). The Labute approximate surface area is 129 Å². The number of aliphatic hydroxyl groups excluding tert-OH is 1. The minimum absolute atomic E-state index is 0.304. The van der Waals surface area contributed by atoms with E-state index >= 15 is 0 Å². The van der Waals surface area contributed by atoms with Crippen LogP contribution in [0.2, 0.25) is 0 Å². The zero-order chi connectivity index (χ0) is 14.6. The molecule has 1 unspecified atom stereocenters. The molecule has 0 saturated heterocycles. The van der Waals surface area contributed by atoms with Crippen LogP contribution in [0, 0.1) is 0 Å². The highest BCUT2D eigenvalue weighted by Crippen LogP contribution is 2.16. The van der Waals surface area contributed by atoms with E-state index < -0.39 is 6.10 Å². The molecule has 0 aliphatic heterocycles. The number of halogens is 1. The Kier molecular flexibility index (Phi) is 9.66. The van der Waals surface area contributed by atoms with Gasteiger partial charge in [0.25, 0.3) is 0 Å². The molecule has 0 bridgehead atoms. The Bertz CT molecular complexity index is 345. The molecule has 1 aromatic rings. The summed E-state index contributed by atoms with van der Waals surface area (Å²) in [5.74, 6) is 0.770. The Hall–Kier alpha value is -0.620. The highest BCUT2D eigenvalue weighted by atomic mass is 79.9. The maximum absolute atomic E-state index is 9.79. The largest absolute Gasteiger partial charge is 0.491 e. The van der Waals surface area contributed by atoms with E-state index in [1.54, 1.807) is 7.11 Å². The van der Waals surface area contributed by atoms with Crippen LogP contribution < -0.4 is 10.1 Å². The fraction of sp³-hybridized carbons (Fsp3) is 0.600. The molecule has 0 aromatic heterocycles. The average Bonchev–Trinajstić information content (AvgIpc) is 2.46. The standard InChI is InChI=1S/C15H24BrNO3/c1-19-10-4-2-3-9-17-11-14(18)12-20-15-7-5-13(16)6-8-15/h5-8,14,17-18H,2-4,9-12H2,1H3. The van der Waals surface area contributed by atoms with Gasteiger partial charge in [-0.25, -0.2) is 0 Å². The van der Waals surface area contributed by atoms with Crippen molar-refractivity contribution in [2.24, 2.45) is 0 Å². The van der Waals surface area contributed by atoms with Crippen LogP contribution in [0.4, 0.5) is 0 Å². The summed E-state index contributed by atoms with van der Waals surface area (Å²) in [5, 5.41) is 13.0. The predicted octanol–water partition coefficient (Wildman–Crippen LogP) is 2.60. The first kappa shape index (κ1) is 17.4. The van der Waals surface area contributed by atoms with Crippen LogP contribution >= 0.6 is 15.9 Å². The second kappa shape index (κ2) is 11.1. The highest BCUT2D eigenvalue weighted by Gasteiger charge is 2.04. The molecule has 0 radical (unpaired) electrons. The maximum atomic E-state index is 9.79. The molecule has 0 aliphatic carbocycles. The lowest BCUT2D eigenvalue weighted by atomic mass is 10.2. The van der Waals surface area contributed by atoms with E-state index in [-0.39, 0.29) is 0 Å². The second-order valence-corrected chi connectivity index (χ2v) is 5.59. The summed E-state index contributed by atoms with van der Waals surface area (Å²) < 4.78 is 11.5. The number of aliphatic hydroxyl groups is 1. The topological polar surface area (TPSA) is 50.7 Å². The molecular weight excluding hydrogens is 322 g/mol. The van der Waals surface area contributed by atoms with Crippen molar-refractivity contribution in [3.8, 4) is 5.75 Å². The average molecular weight is 346 g/mol. The number of rotatable bonds is 11. The van der Waals surface area contributed by atoms with E-state index in [9.17, 15) is 5.11 Å². The summed E-state index contributed by atoms with van der Waals surface area (Å²) in [4.78, 5) is 0. The van der Waals surface area contributed by atoms with Gasteiger partial charge in [-0.05, 0) is 50.1 Å². The second-order valence-electron chi connectivity index (χ2n) is 4.68. The SMILES string of the molecule is COCCCCCNCC(O)COc1ccc(Br)cc1. The zero-order valence-corrected chi connectivity index (χ0v) is 13.6. The number of unbranched alkanes of at least 4 members (excludes halogenated alkanes) is 2. The van der Waals surface area contributed by atoms with Crippen LogP contribution in [-0.2, 0) is 4.74 Å². The third-order valence-electron chi connectivity index (χ3n) is 2.84. The van der Waals surface area contributed by atoms with Crippen LogP contribution in [0.25, 0.3) is 0 Å². The summed E-state index contributed by atoms with van der Waals surface area (Å²) in [7, 11) is 1.72. The Balaban J connectivity index is 2.00. The summed E-state index contributed by atoms with van der Waals surface area (Å²) in [6.45, 7) is 2.60. The smallest absolute Gasteiger partial charge is 0.119 e. The van der Waals surface area contributed by atoms with E-state index in [0.29, 0.717) is 13.2 Å². The van der Waals surface area contributed by atoms with E-state index in [2.05, 4.69) is 21.2 Å². The zero-order valence-electron chi connectivity index (χ0n) is 12.0. The lowest BCUT2D eigenvalue weighted by molar-refractivity contribution is 0.106. The van der Waals surface area contributed by atoms with E-state index in [1.807, 2.05) is 24.3 Å². The van der Waals surface area contributed by atoms with Crippen molar-refractivity contribution in [3.05, 3.63) is 28.7 Å². The first-order chi connectivity index (χ1) is 9.72. The lowest BCUT2D eigenvalue weighted by Crippen LogP contribution is -2.32. The number of benzene rings is 1. The minimum Gasteiger partial charge on any atom is -0.491 e. The molecule has 5 heteroatoms.